The van der Waals surface area contributed by atoms with Gasteiger partial charge < -0.3 is 9.26 Å². The molecule has 6 heteroatoms. The van der Waals surface area contributed by atoms with Crippen LogP contribution in [0.5, 0.6) is 5.75 Å². The van der Waals surface area contributed by atoms with E-state index in [-0.39, 0.29) is 19.0 Å². The van der Waals surface area contributed by atoms with E-state index in [4.69, 9.17) is 13.8 Å². The summed E-state index contributed by atoms with van der Waals surface area (Å²) in [5, 5.41) is 0. The monoisotopic (exact) mass is 272 g/mol. The van der Waals surface area contributed by atoms with E-state index in [1.807, 2.05) is 6.92 Å². The van der Waals surface area contributed by atoms with Gasteiger partial charge in [0, 0.05) is 0 Å². The second-order valence-electron chi connectivity index (χ2n) is 3.72. The predicted octanol–water partition coefficient (Wildman–Crippen LogP) is 2.78. The van der Waals surface area contributed by atoms with Crippen LogP contribution in [0.1, 0.15) is 6.92 Å². The molecule has 0 heterocycles. The van der Waals surface area contributed by atoms with Gasteiger partial charge in [-0.05, 0) is 19.1 Å². The minimum absolute atomic E-state index is 0.0199. The number of phosphoric acid groups is 1. The SMILES string of the molecule is C=C(C)COCCOP(=O)(O)Oc1ccccc1. The van der Waals surface area contributed by atoms with Crippen molar-refractivity contribution < 1.29 is 23.2 Å². The highest BCUT2D eigenvalue weighted by Crippen LogP contribution is 2.43. The lowest BCUT2D eigenvalue weighted by molar-refractivity contribution is 0.100. The van der Waals surface area contributed by atoms with E-state index < -0.39 is 7.82 Å². The van der Waals surface area contributed by atoms with Crippen molar-refractivity contribution in [3.05, 3.63) is 42.5 Å². The van der Waals surface area contributed by atoms with E-state index in [1.54, 1.807) is 30.3 Å². The summed E-state index contributed by atoms with van der Waals surface area (Å²) in [4.78, 5) is 9.41. The molecule has 1 unspecified atom stereocenters. The summed E-state index contributed by atoms with van der Waals surface area (Å²) in [5.74, 6) is 0.284. The summed E-state index contributed by atoms with van der Waals surface area (Å²) in [6, 6.07) is 8.33. The van der Waals surface area contributed by atoms with E-state index >= 15 is 0 Å². The minimum Gasteiger partial charge on any atom is -0.404 e. The van der Waals surface area contributed by atoms with Gasteiger partial charge in [-0.1, -0.05) is 30.4 Å². The Morgan fingerprint density at radius 3 is 2.61 bits per heavy atom. The first-order valence-corrected chi connectivity index (χ1v) is 6.93. The topological polar surface area (TPSA) is 65.0 Å². The fraction of sp³-hybridized carbons (Fsp3) is 0.333. The maximum atomic E-state index is 11.5. The summed E-state index contributed by atoms with van der Waals surface area (Å²) in [6.45, 7) is 6.08. The lowest BCUT2D eigenvalue weighted by atomic mass is 10.3. The van der Waals surface area contributed by atoms with Crippen LogP contribution in [0.2, 0.25) is 0 Å². The molecular weight excluding hydrogens is 255 g/mol. The van der Waals surface area contributed by atoms with Crippen LogP contribution in [0.25, 0.3) is 0 Å². The second-order valence-corrected chi connectivity index (χ2v) is 5.09. The van der Waals surface area contributed by atoms with Gasteiger partial charge in [0.2, 0.25) is 0 Å². The lowest BCUT2D eigenvalue weighted by Gasteiger charge is -2.12. The Bertz CT molecular complexity index is 418. The minimum atomic E-state index is -4.08. The highest BCUT2D eigenvalue weighted by atomic mass is 31.2. The summed E-state index contributed by atoms with van der Waals surface area (Å²) >= 11 is 0. The van der Waals surface area contributed by atoms with Gasteiger partial charge in [-0.3, -0.25) is 9.42 Å². The van der Waals surface area contributed by atoms with Crippen LogP contribution in [0.4, 0.5) is 0 Å². The van der Waals surface area contributed by atoms with Gasteiger partial charge in [-0.25, -0.2) is 4.57 Å². The van der Waals surface area contributed by atoms with E-state index in [2.05, 4.69) is 6.58 Å². The Hall–Kier alpha value is -1.13. The molecule has 1 atom stereocenters. The number of rotatable bonds is 8. The third kappa shape index (κ3) is 6.57. The van der Waals surface area contributed by atoms with E-state index in [1.165, 1.54) is 0 Å². The Balaban J connectivity index is 2.28. The van der Waals surface area contributed by atoms with E-state index in [9.17, 15) is 9.46 Å². The normalized spacial score (nSPS) is 13.9. The van der Waals surface area contributed by atoms with Crippen LogP contribution < -0.4 is 4.52 Å². The second kappa shape index (κ2) is 7.34. The molecule has 0 saturated carbocycles. The van der Waals surface area contributed by atoms with Crippen molar-refractivity contribution >= 4 is 7.82 Å². The third-order valence-corrected chi connectivity index (χ3v) is 2.74. The van der Waals surface area contributed by atoms with Crippen molar-refractivity contribution in [3.63, 3.8) is 0 Å². The maximum absolute atomic E-state index is 11.5. The number of ether oxygens (including phenoxy) is 1. The fourth-order valence-electron chi connectivity index (χ4n) is 1.10. The van der Waals surface area contributed by atoms with Crippen molar-refractivity contribution in [2.75, 3.05) is 19.8 Å². The molecule has 0 fully saturated rings. The first kappa shape index (κ1) is 14.9. The molecule has 0 spiro atoms. The van der Waals surface area contributed by atoms with E-state index in [0.717, 1.165) is 5.57 Å². The summed E-state index contributed by atoms with van der Waals surface area (Å²) < 4.78 is 26.2. The van der Waals surface area contributed by atoms with Crippen LogP contribution in [0.3, 0.4) is 0 Å². The molecule has 1 aromatic carbocycles. The van der Waals surface area contributed by atoms with Crippen LogP contribution in [-0.2, 0) is 13.8 Å². The number of phosphoric ester groups is 1. The van der Waals surface area contributed by atoms with Gasteiger partial charge in [0.1, 0.15) is 5.75 Å². The number of para-hydroxylation sites is 1. The zero-order chi connectivity index (χ0) is 13.4. The molecule has 0 aliphatic carbocycles. The van der Waals surface area contributed by atoms with Gasteiger partial charge in [-0.2, -0.15) is 0 Å². The molecule has 0 aliphatic rings. The Morgan fingerprint density at radius 2 is 2.00 bits per heavy atom. The van der Waals surface area contributed by atoms with Gasteiger partial charge >= 0.3 is 7.82 Å². The molecule has 0 radical (unpaired) electrons. The highest BCUT2D eigenvalue weighted by molar-refractivity contribution is 7.47. The number of hydrogen-bond donors (Lipinski definition) is 1. The molecule has 0 saturated heterocycles. The third-order valence-electron chi connectivity index (χ3n) is 1.79. The smallest absolute Gasteiger partial charge is 0.404 e. The molecule has 1 N–H and O–H groups in total. The van der Waals surface area contributed by atoms with Gasteiger partial charge in [0.15, 0.2) is 0 Å². The number of benzene rings is 1. The maximum Gasteiger partial charge on any atom is 0.527 e. The lowest BCUT2D eigenvalue weighted by Crippen LogP contribution is -2.06. The molecular formula is C12H17O5P. The quantitative estimate of drug-likeness (QED) is 0.448. The predicted molar refractivity (Wildman–Crippen MR) is 68.5 cm³/mol. The summed E-state index contributed by atoms with van der Waals surface area (Å²) in [7, 11) is -4.08. The van der Waals surface area contributed by atoms with Crippen molar-refractivity contribution in [2.24, 2.45) is 0 Å². The van der Waals surface area contributed by atoms with E-state index in [0.29, 0.717) is 6.61 Å². The standard InChI is InChI=1S/C12H17O5P/c1-11(2)10-15-8-9-16-18(13,14)17-12-6-4-3-5-7-12/h3-7H,1,8-10H2,2H3,(H,13,14). The van der Waals surface area contributed by atoms with Crippen molar-refractivity contribution in [3.8, 4) is 5.75 Å². The summed E-state index contributed by atoms with van der Waals surface area (Å²) in [6.07, 6.45) is 0. The van der Waals surface area contributed by atoms with Crippen LogP contribution in [-0.4, -0.2) is 24.7 Å². The zero-order valence-corrected chi connectivity index (χ0v) is 11.1. The molecule has 0 aromatic heterocycles. The van der Waals surface area contributed by atoms with Gasteiger partial charge in [0.05, 0.1) is 19.8 Å². The largest absolute Gasteiger partial charge is 0.527 e. The molecule has 0 bridgehead atoms. The molecule has 0 aliphatic heterocycles. The van der Waals surface area contributed by atoms with Crippen LogP contribution >= 0.6 is 7.82 Å². The van der Waals surface area contributed by atoms with Crippen molar-refractivity contribution in [2.45, 2.75) is 6.92 Å². The van der Waals surface area contributed by atoms with Gasteiger partial charge in [0.25, 0.3) is 0 Å². The average Bonchev–Trinajstić information content (AvgIpc) is 2.28. The van der Waals surface area contributed by atoms with Crippen LogP contribution in [0.15, 0.2) is 42.5 Å². The fourth-order valence-corrected chi connectivity index (χ4v) is 1.84. The van der Waals surface area contributed by atoms with Crippen LogP contribution in [0, 0.1) is 0 Å². The Morgan fingerprint density at radius 1 is 1.33 bits per heavy atom. The van der Waals surface area contributed by atoms with Crippen molar-refractivity contribution in [1.29, 1.82) is 0 Å². The molecule has 5 nitrogen and oxygen atoms in total. The molecule has 100 valence electrons. The summed E-state index contributed by atoms with van der Waals surface area (Å²) in [5.41, 5.74) is 0.878. The average molecular weight is 272 g/mol. The van der Waals surface area contributed by atoms with Crippen molar-refractivity contribution in [1.82, 2.24) is 0 Å². The van der Waals surface area contributed by atoms with Gasteiger partial charge in [-0.15, -0.1) is 0 Å². The molecule has 18 heavy (non-hydrogen) atoms. The first-order chi connectivity index (χ1) is 8.49. The molecule has 1 aromatic rings. The Kier molecular flexibility index (Phi) is 6.09. The highest BCUT2D eigenvalue weighted by Gasteiger charge is 2.22. The Labute approximate surface area is 107 Å². The molecule has 0 amide bonds. The number of hydrogen-bond acceptors (Lipinski definition) is 4. The molecule has 1 rings (SSSR count). The first-order valence-electron chi connectivity index (χ1n) is 5.44. The zero-order valence-electron chi connectivity index (χ0n) is 10.2.